The summed E-state index contributed by atoms with van der Waals surface area (Å²) in [5, 5.41) is 0.661. The highest BCUT2D eigenvalue weighted by atomic mass is 19.1. The number of pyridine rings is 1. The van der Waals surface area contributed by atoms with Gasteiger partial charge in [0.25, 0.3) is 0 Å². The SMILES string of the molecule is CC(=O)c1ccccc1OC(=O)c1cc(-c2ccc(F)cc2)nc2c(C)cc(C)cc12. The second kappa shape index (κ2) is 8.11. The van der Waals surface area contributed by atoms with Gasteiger partial charge in [0.1, 0.15) is 11.6 Å². The van der Waals surface area contributed by atoms with E-state index < -0.39 is 5.97 Å². The van der Waals surface area contributed by atoms with Crippen LogP contribution in [-0.2, 0) is 0 Å². The molecule has 154 valence electrons. The molecule has 0 N–H and O–H groups in total. The third kappa shape index (κ3) is 4.08. The van der Waals surface area contributed by atoms with E-state index in [1.54, 1.807) is 42.5 Å². The Morgan fingerprint density at radius 3 is 2.32 bits per heavy atom. The van der Waals surface area contributed by atoms with Crippen molar-refractivity contribution < 1.29 is 18.7 Å². The number of esters is 1. The zero-order valence-electron chi connectivity index (χ0n) is 17.4. The van der Waals surface area contributed by atoms with Crippen LogP contribution in [0, 0.1) is 19.7 Å². The second-order valence-corrected chi connectivity index (χ2v) is 7.48. The van der Waals surface area contributed by atoms with Gasteiger partial charge < -0.3 is 4.74 Å². The van der Waals surface area contributed by atoms with Crippen LogP contribution in [-0.4, -0.2) is 16.7 Å². The number of rotatable bonds is 4. The average Bonchev–Trinajstić information content (AvgIpc) is 2.74. The summed E-state index contributed by atoms with van der Waals surface area (Å²) in [6, 6.07) is 18.1. The molecule has 0 radical (unpaired) electrons. The number of ether oxygens (including phenoxy) is 1. The number of fused-ring (bicyclic) bond motifs is 1. The summed E-state index contributed by atoms with van der Waals surface area (Å²) in [5.74, 6) is -0.925. The first kappa shape index (κ1) is 20.4. The average molecular weight is 413 g/mol. The first-order valence-electron chi connectivity index (χ1n) is 9.83. The number of hydrogen-bond acceptors (Lipinski definition) is 4. The summed E-state index contributed by atoms with van der Waals surface area (Å²) in [6.45, 7) is 5.30. The predicted octanol–water partition coefficient (Wildman–Crippen LogP) is 6.08. The fourth-order valence-corrected chi connectivity index (χ4v) is 3.62. The van der Waals surface area contributed by atoms with Gasteiger partial charge >= 0.3 is 5.97 Å². The molecule has 5 heteroatoms. The van der Waals surface area contributed by atoms with E-state index >= 15 is 0 Å². The molecular formula is C26H20FNO3. The van der Waals surface area contributed by atoms with Crippen LogP contribution >= 0.6 is 0 Å². The summed E-state index contributed by atoms with van der Waals surface area (Å²) in [4.78, 5) is 29.9. The van der Waals surface area contributed by atoms with Gasteiger partial charge in [-0.1, -0.05) is 23.8 Å². The van der Waals surface area contributed by atoms with Gasteiger partial charge in [-0.15, -0.1) is 0 Å². The van der Waals surface area contributed by atoms with Gasteiger partial charge in [0.15, 0.2) is 5.78 Å². The Morgan fingerprint density at radius 2 is 1.61 bits per heavy atom. The Bertz CT molecular complexity index is 1330. The van der Waals surface area contributed by atoms with Crippen molar-refractivity contribution in [3.05, 3.63) is 94.8 Å². The maximum absolute atomic E-state index is 13.4. The highest BCUT2D eigenvalue weighted by Gasteiger charge is 2.19. The van der Waals surface area contributed by atoms with Crippen LogP contribution < -0.4 is 4.74 Å². The number of ketones is 1. The topological polar surface area (TPSA) is 56.3 Å². The van der Waals surface area contributed by atoms with Crippen LogP contribution in [0.4, 0.5) is 4.39 Å². The van der Waals surface area contributed by atoms with E-state index in [1.165, 1.54) is 19.1 Å². The van der Waals surface area contributed by atoms with E-state index in [-0.39, 0.29) is 17.3 Å². The minimum atomic E-state index is -0.588. The van der Waals surface area contributed by atoms with E-state index in [1.807, 2.05) is 26.0 Å². The number of benzene rings is 3. The maximum Gasteiger partial charge on any atom is 0.344 e. The molecule has 0 aliphatic carbocycles. The molecule has 0 saturated carbocycles. The number of Topliss-reactive ketones (excluding diaryl/α,β-unsaturated/α-hetero) is 1. The summed E-state index contributed by atoms with van der Waals surface area (Å²) >= 11 is 0. The summed E-state index contributed by atoms with van der Waals surface area (Å²) in [5.41, 5.74) is 4.44. The van der Waals surface area contributed by atoms with Gasteiger partial charge in [-0.2, -0.15) is 0 Å². The van der Waals surface area contributed by atoms with Crippen molar-refractivity contribution in [2.45, 2.75) is 20.8 Å². The summed E-state index contributed by atoms with van der Waals surface area (Å²) < 4.78 is 19.0. The van der Waals surface area contributed by atoms with Gasteiger partial charge in [0, 0.05) is 10.9 Å². The van der Waals surface area contributed by atoms with Crippen molar-refractivity contribution in [3.63, 3.8) is 0 Å². The molecule has 0 saturated heterocycles. The van der Waals surface area contributed by atoms with Crippen LogP contribution in [0.2, 0.25) is 0 Å². The van der Waals surface area contributed by atoms with Crippen LogP contribution in [0.5, 0.6) is 5.75 Å². The molecule has 3 aromatic carbocycles. The quantitative estimate of drug-likeness (QED) is 0.231. The lowest BCUT2D eigenvalue weighted by Gasteiger charge is -2.13. The number of aryl methyl sites for hydroxylation is 2. The summed E-state index contributed by atoms with van der Waals surface area (Å²) in [7, 11) is 0. The van der Waals surface area contributed by atoms with Crippen LogP contribution in [0.1, 0.15) is 38.8 Å². The van der Waals surface area contributed by atoms with E-state index in [0.29, 0.717) is 33.3 Å². The third-order valence-corrected chi connectivity index (χ3v) is 5.08. The van der Waals surface area contributed by atoms with Crippen LogP contribution in [0.15, 0.2) is 66.7 Å². The lowest BCUT2D eigenvalue weighted by atomic mass is 10.00. The standard InChI is InChI=1S/C26H20FNO3/c1-15-12-16(2)25-21(13-15)22(14-23(28-25)18-8-10-19(27)11-9-18)26(30)31-24-7-5-4-6-20(24)17(3)29/h4-14H,1-3H3. The van der Waals surface area contributed by atoms with Crippen molar-refractivity contribution in [2.75, 3.05) is 0 Å². The first-order chi connectivity index (χ1) is 14.8. The van der Waals surface area contributed by atoms with E-state index in [9.17, 15) is 14.0 Å². The molecule has 0 atom stereocenters. The zero-order chi connectivity index (χ0) is 22.1. The lowest BCUT2D eigenvalue weighted by molar-refractivity contribution is 0.0735. The van der Waals surface area contributed by atoms with E-state index in [2.05, 4.69) is 0 Å². The van der Waals surface area contributed by atoms with Crippen molar-refractivity contribution in [1.29, 1.82) is 0 Å². The van der Waals surface area contributed by atoms with Crippen molar-refractivity contribution in [3.8, 4) is 17.0 Å². The lowest BCUT2D eigenvalue weighted by Crippen LogP contribution is -2.12. The normalized spacial score (nSPS) is 10.8. The number of para-hydroxylation sites is 1. The number of aromatic nitrogens is 1. The number of halogens is 1. The fraction of sp³-hybridized carbons (Fsp3) is 0.115. The molecule has 4 nitrogen and oxygen atoms in total. The summed E-state index contributed by atoms with van der Waals surface area (Å²) in [6.07, 6.45) is 0. The Labute approximate surface area is 179 Å². The molecule has 1 heterocycles. The Kier molecular flexibility index (Phi) is 5.34. The molecule has 31 heavy (non-hydrogen) atoms. The minimum Gasteiger partial charge on any atom is -0.422 e. The number of carbonyl (C=O) groups is 2. The fourth-order valence-electron chi connectivity index (χ4n) is 3.62. The molecular weight excluding hydrogens is 393 g/mol. The maximum atomic E-state index is 13.4. The minimum absolute atomic E-state index is 0.193. The number of hydrogen-bond donors (Lipinski definition) is 0. The largest absolute Gasteiger partial charge is 0.422 e. The Balaban J connectivity index is 1.88. The molecule has 0 aliphatic heterocycles. The highest BCUT2D eigenvalue weighted by molar-refractivity contribution is 6.07. The molecule has 0 amide bonds. The molecule has 0 bridgehead atoms. The van der Waals surface area contributed by atoms with E-state index in [4.69, 9.17) is 9.72 Å². The monoisotopic (exact) mass is 413 g/mol. The Hall–Kier alpha value is -3.86. The molecule has 4 aromatic rings. The van der Waals surface area contributed by atoms with Crippen molar-refractivity contribution in [1.82, 2.24) is 4.98 Å². The third-order valence-electron chi connectivity index (χ3n) is 5.08. The number of nitrogens with zero attached hydrogens (tertiary/aromatic N) is 1. The number of carbonyl (C=O) groups excluding carboxylic acids is 2. The van der Waals surface area contributed by atoms with Gasteiger partial charge in [0.05, 0.1) is 22.3 Å². The molecule has 0 fully saturated rings. The molecule has 0 unspecified atom stereocenters. The molecule has 4 rings (SSSR count). The zero-order valence-corrected chi connectivity index (χ0v) is 17.4. The second-order valence-electron chi connectivity index (χ2n) is 7.48. The Morgan fingerprint density at radius 1 is 0.903 bits per heavy atom. The first-order valence-corrected chi connectivity index (χ1v) is 9.83. The smallest absolute Gasteiger partial charge is 0.344 e. The molecule has 0 spiro atoms. The molecule has 0 aliphatic rings. The van der Waals surface area contributed by atoms with Crippen LogP contribution in [0.25, 0.3) is 22.2 Å². The molecule has 1 aromatic heterocycles. The van der Waals surface area contributed by atoms with Gasteiger partial charge in [-0.3, -0.25) is 4.79 Å². The van der Waals surface area contributed by atoms with Gasteiger partial charge in [-0.25, -0.2) is 14.2 Å². The van der Waals surface area contributed by atoms with Gasteiger partial charge in [-0.05, 0) is 74.9 Å². The predicted molar refractivity (Wildman–Crippen MR) is 118 cm³/mol. The van der Waals surface area contributed by atoms with Crippen LogP contribution in [0.3, 0.4) is 0 Å². The highest BCUT2D eigenvalue weighted by Crippen LogP contribution is 2.29. The van der Waals surface area contributed by atoms with Crippen molar-refractivity contribution >= 4 is 22.7 Å². The van der Waals surface area contributed by atoms with Crippen molar-refractivity contribution in [2.24, 2.45) is 0 Å². The van der Waals surface area contributed by atoms with E-state index in [0.717, 1.165) is 11.1 Å². The van der Waals surface area contributed by atoms with Gasteiger partial charge in [0.2, 0.25) is 0 Å².